The number of halogens is 6. The molecule has 2 fully saturated rings. The summed E-state index contributed by atoms with van der Waals surface area (Å²) < 4.78 is 81.6. The number of pyridine rings is 1. The van der Waals surface area contributed by atoms with Crippen molar-refractivity contribution in [2.75, 3.05) is 31.1 Å². The lowest BCUT2D eigenvalue weighted by molar-refractivity contribution is -0.144. The Kier molecular flexibility index (Phi) is 8.59. The number of imidazole rings is 1. The number of fused-ring (bicyclic) bond motifs is 1. The van der Waals surface area contributed by atoms with Crippen LogP contribution in [-0.4, -0.2) is 83.2 Å². The van der Waals surface area contributed by atoms with Crippen LogP contribution in [0.5, 0.6) is 5.88 Å². The number of piperazine rings is 1. The zero-order valence-electron chi connectivity index (χ0n) is 25.4. The van der Waals surface area contributed by atoms with E-state index in [9.17, 15) is 22.0 Å². The highest BCUT2D eigenvalue weighted by molar-refractivity contribution is 6.30. The Balaban J connectivity index is 1.07. The summed E-state index contributed by atoms with van der Waals surface area (Å²) in [7, 11) is 0. The summed E-state index contributed by atoms with van der Waals surface area (Å²) in [5, 5.41) is 15.4. The fraction of sp³-hybridized carbons (Fsp3) is 0.400. The van der Waals surface area contributed by atoms with Crippen LogP contribution in [0.4, 0.5) is 27.8 Å². The van der Waals surface area contributed by atoms with Gasteiger partial charge in [-0.05, 0) is 37.6 Å². The van der Waals surface area contributed by atoms with Gasteiger partial charge in [0, 0.05) is 48.9 Å². The average molecular weight is 691 g/mol. The number of alkyl halides is 3. The summed E-state index contributed by atoms with van der Waals surface area (Å²) in [4.78, 5) is 15.4. The summed E-state index contributed by atoms with van der Waals surface area (Å²) >= 11 is 5.83. The Bertz CT molecular complexity index is 1950. The summed E-state index contributed by atoms with van der Waals surface area (Å²) in [6, 6.07) is 8.41. The lowest BCUT2D eigenvalue weighted by Crippen LogP contribution is -2.52. The lowest BCUT2D eigenvalue weighted by atomic mass is 10.1. The first-order valence-corrected chi connectivity index (χ1v) is 15.5. The van der Waals surface area contributed by atoms with E-state index in [0.717, 1.165) is 6.42 Å². The maximum Gasteiger partial charge on any atom is 0.451 e. The molecule has 5 aromatic rings. The zero-order chi connectivity index (χ0) is 33.6. The van der Waals surface area contributed by atoms with Gasteiger partial charge in [0.1, 0.15) is 29.5 Å². The minimum atomic E-state index is -4.68. The van der Waals surface area contributed by atoms with Crippen molar-refractivity contribution in [1.29, 1.82) is 0 Å². The van der Waals surface area contributed by atoms with E-state index in [1.54, 1.807) is 6.07 Å². The van der Waals surface area contributed by atoms with Crippen LogP contribution in [0.3, 0.4) is 0 Å². The molecule has 0 bridgehead atoms. The number of nitrogens with one attached hydrogen (secondary N) is 1. The van der Waals surface area contributed by atoms with Gasteiger partial charge in [-0.3, -0.25) is 4.90 Å². The number of nitrogens with zero attached hydrogens (tertiary/aromatic N) is 9. The van der Waals surface area contributed by atoms with Crippen LogP contribution in [0.25, 0.3) is 22.7 Å². The van der Waals surface area contributed by atoms with Gasteiger partial charge in [-0.1, -0.05) is 17.7 Å². The van der Waals surface area contributed by atoms with Crippen LogP contribution in [0.1, 0.15) is 30.6 Å². The molecule has 1 aromatic carbocycles. The van der Waals surface area contributed by atoms with E-state index in [1.165, 1.54) is 30.3 Å². The van der Waals surface area contributed by atoms with Crippen molar-refractivity contribution in [3.8, 4) is 17.4 Å². The van der Waals surface area contributed by atoms with Gasteiger partial charge >= 0.3 is 6.18 Å². The van der Waals surface area contributed by atoms with E-state index in [4.69, 9.17) is 26.1 Å². The molecule has 2 unspecified atom stereocenters. The van der Waals surface area contributed by atoms with E-state index < -0.39 is 23.6 Å². The van der Waals surface area contributed by atoms with Crippen LogP contribution in [0.15, 0.2) is 36.4 Å². The highest BCUT2D eigenvalue weighted by Gasteiger charge is 2.36. The van der Waals surface area contributed by atoms with Gasteiger partial charge in [0.2, 0.25) is 11.7 Å². The van der Waals surface area contributed by atoms with Gasteiger partial charge in [-0.25, -0.2) is 13.8 Å². The third-order valence-corrected chi connectivity index (χ3v) is 8.59. The van der Waals surface area contributed by atoms with Crippen LogP contribution < -0.4 is 9.64 Å². The standard InChI is InChI=1S/C30H28ClF5N10O2/c1-16-12-45(27-20(32)4-5-25(38-27)48-15-17-2-3-18(31)10-21(17)33)8-7-44(16)14-24-37-23-11-22(26-39-29(43-41-26)30(34,35)36)40-42-28(23)46(24)13-19-6-9-47-19/h2-5,10-11,16,19H,6-9,12-15H2,1H3,(H,39,41,43). The number of H-pyrrole nitrogens is 1. The Morgan fingerprint density at radius 1 is 1.02 bits per heavy atom. The van der Waals surface area contributed by atoms with E-state index in [1.807, 2.05) is 16.4 Å². The predicted molar refractivity (Wildman–Crippen MR) is 162 cm³/mol. The first-order chi connectivity index (χ1) is 23.0. The Hall–Kier alpha value is -4.48. The number of hydrogen-bond acceptors (Lipinski definition) is 10. The van der Waals surface area contributed by atoms with Gasteiger partial charge in [-0.2, -0.15) is 18.2 Å². The monoisotopic (exact) mass is 690 g/mol. The van der Waals surface area contributed by atoms with E-state index in [-0.39, 0.29) is 47.0 Å². The number of ether oxygens (including phenoxy) is 2. The normalized spacial score (nSPS) is 18.8. The summed E-state index contributed by atoms with van der Waals surface area (Å²) in [5.41, 5.74) is 1.27. The molecule has 2 aliphatic rings. The van der Waals surface area contributed by atoms with Crippen molar-refractivity contribution >= 4 is 28.6 Å². The van der Waals surface area contributed by atoms with Crippen LogP contribution in [-0.2, 0) is 30.6 Å². The van der Waals surface area contributed by atoms with Crippen LogP contribution >= 0.6 is 11.6 Å². The molecule has 0 spiro atoms. The number of rotatable bonds is 9. The highest BCUT2D eigenvalue weighted by Crippen LogP contribution is 2.29. The van der Waals surface area contributed by atoms with Gasteiger partial charge in [0.25, 0.3) is 0 Å². The van der Waals surface area contributed by atoms with Gasteiger partial charge in [0.05, 0.1) is 19.2 Å². The molecule has 0 radical (unpaired) electrons. The van der Waals surface area contributed by atoms with Gasteiger partial charge in [0.15, 0.2) is 23.1 Å². The van der Waals surface area contributed by atoms with Crippen molar-refractivity contribution < 1.29 is 31.4 Å². The number of hydrogen-bond donors (Lipinski definition) is 1. The largest absolute Gasteiger partial charge is 0.473 e. The Morgan fingerprint density at radius 2 is 1.85 bits per heavy atom. The maximum absolute atomic E-state index is 15.0. The number of aromatic nitrogens is 8. The second-order valence-corrected chi connectivity index (χ2v) is 12.1. The molecular formula is C30H28ClF5N10O2. The SMILES string of the molecule is CC1CN(c2nc(OCc3ccc(Cl)cc3F)ccc2F)CCN1Cc1nc2cc(-c3nnc(C(F)(F)F)[nH]3)nnc2n1CC1CCO1. The topological polar surface area (TPSA) is 123 Å². The van der Waals surface area contributed by atoms with Crippen molar-refractivity contribution in [2.45, 2.75) is 51.4 Å². The molecule has 6 heterocycles. The van der Waals surface area contributed by atoms with Crippen molar-refractivity contribution in [1.82, 2.24) is 44.8 Å². The maximum atomic E-state index is 15.0. The van der Waals surface area contributed by atoms with Crippen molar-refractivity contribution in [3.63, 3.8) is 0 Å². The van der Waals surface area contributed by atoms with Crippen molar-refractivity contribution in [3.05, 3.63) is 70.3 Å². The highest BCUT2D eigenvalue weighted by atomic mass is 35.5. The molecular weight excluding hydrogens is 663 g/mol. The summed E-state index contributed by atoms with van der Waals surface area (Å²) in [5.74, 6) is -1.46. The molecule has 2 atom stereocenters. The summed E-state index contributed by atoms with van der Waals surface area (Å²) in [6.07, 6.45) is -3.84. The Labute approximate surface area is 274 Å². The number of anilines is 1. The molecule has 18 heteroatoms. The predicted octanol–water partition coefficient (Wildman–Crippen LogP) is 5.04. The Morgan fingerprint density at radius 3 is 2.56 bits per heavy atom. The molecule has 48 heavy (non-hydrogen) atoms. The first kappa shape index (κ1) is 32.1. The fourth-order valence-corrected chi connectivity index (χ4v) is 5.81. The van der Waals surface area contributed by atoms with Crippen molar-refractivity contribution in [2.24, 2.45) is 0 Å². The second kappa shape index (κ2) is 12.9. The second-order valence-electron chi connectivity index (χ2n) is 11.6. The van der Waals surface area contributed by atoms with E-state index in [0.29, 0.717) is 61.9 Å². The summed E-state index contributed by atoms with van der Waals surface area (Å²) in [6.45, 7) is 4.91. The molecule has 0 saturated carbocycles. The first-order valence-electron chi connectivity index (χ1n) is 15.1. The molecule has 1 N–H and O–H groups in total. The zero-order valence-corrected chi connectivity index (χ0v) is 26.1. The molecule has 2 aliphatic heterocycles. The van der Waals surface area contributed by atoms with Crippen LogP contribution in [0.2, 0.25) is 5.02 Å². The third kappa shape index (κ3) is 6.61. The molecule has 2 saturated heterocycles. The molecule has 12 nitrogen and oxygen atoms in total. The smallest absolute Gasteiger partial charge is 0.451 e. The number of benzene rings is 1. The fourth-order valence-electron chi connectivity index (χ4n) is 5.65. The minimum Gasteiger partial charge on any atom is -0.473 e. The average Bonchev–Trinajstić information content (AvgIpc) is 3.65. The van der Waals surface area contributed by atoms with E-state index >= 15 is 0 Å². The lowest BCUT2D eigenvalue weighted by Gasteiger charge is -2.40. The number of aromatic amines is 1. The van der Waals surface area contributed by atoms with E-state index in [2.05, 4.69) is 35.3 Å². The van der Waals surface area contributed by atoms with Gasteiger partial charge < -0.3 is 23.9 Å². The molecule has 7 rings (SSSR count). The quantitative estimate of drug-likeness (QED) is 0.211. The molecule has 0 aliphatic carbocycles. The van der Waals surface area contributed by atoms with Gasteiger partial charge in [-0.15, -0.1) is 20.4 Å². The minimum absolute atomic E-state index is 0.0276. The molecule has 252 valence electrons. The third-order valence-electron chi connectivity index (χ3n) is 8.35. The van der Waals surface area contributed by atoms with Crippen LogP contribution in [0, 0.1) is 11.6 Å². The molecule has 0 amide bonds. The molecule has 4 aromatic heterocycles.